The van der Waals surface area contributed by atoms with Crippen LogP contribution in [-0.4, -0.2) is 35.0 Å². The molecule has 0 aromatic heterocycles. The third kappa shape index (κ3) is 5.37. The average molecular weight is 327 g/mol. The molecule has 6 nitrogen and oxygen atoms in total. The standard InChI is InChI=1S/C15H19ClN2O4/c1-3-4-12(15(21)22)18-13(19)9(2)17-14(20)10-5-7-11(16)8-6-10/h5-9,12H,3-4H2,1-2H3,(H,17,20)(H,18,19)(H,21,22). The van der Waals surface area contributed by atoms with Gasteiger partial charge in [0.05, 0.1) is 0 Å². The quantitative estimate of drug-likeness (QED) is 0.712. The Balaban J connectivity index is 2.61. The van der Waals surface area contributed by atoms with Crippen molar-refractivity contribution in [1.82, 2.24) is 10.6 Å². The molecule has 120 valence electrons. The number of rotatable bonds is 7. The van der Waals surface area contributed by atoms with Crippen molar-refractivity contribution in [2.45, 2.75) is 38.8 Å². The van der Waals surface area contributed by atoms with Crippen LogP contribution < -0.4 is 10.6 Å². The summed E-state index contributed by atoms with van der Waals surface area (Å²) in [5.41, 5.74) is 0.368. The Morgan fingerprint density at radius 3 is 2.27 bits per heavy atom. The van der Waals surface area contributed by atoms with Crippen LogP contribution in [0.4, 0.5) is 0 Å². The average Bonchev–Trinajstić information content (AvgIpc) is 2.47. The molecule has 7 heteroatoms. The molecule has 0 saturated carbocycles. The lowest BCUT2D eigenvalue weighted by Gasteiger charge is -2.18. The van der Waals surface area contributed by atoms with Gasteiger partial charge in [0.2, 0.25) is 5.91 Å². The molecule has 22 heavy (non-hydrogen) atoms. The number of amides is 2. The van der Waals surface area contributed by atoms with E-state index >= 15 is 0 Å². The van der Waals surface area contributed by atoms with E-state index in [1.807, 2.05) is 6.92 Å². The molecule has 0 radical (unpaired) electrons. The number of hydrogen-bond acceptors (Lipinski definition) is 3. The molecule has 1 rings (SSSR count). The molecule has 1 aromatic carbocycles. The van der Waals surface area contributed by atoms with Crippen molar-refractivity contribution in [2.75, 3.05) is 0 Å². The molecule has 0 saturated heterocycles. The molecule has 2 atom stereocenters. The first kappa shape index (κ1) is 18.0. The van der Waals surface area contributed by atoms with Gasteiger partial charge in [-0.3, -0.25) is 9.59 Å². The fourth-order valence-corrected chi connectivity index (χ4v) is 1.92. The highest BCUT2D eigenvalue weighted by molar-refractivity contribution is 6.30. The first-order chi connectivity index (χ1) is 10.3. The Morgan fingerprint density at radius 2 is 1.77 bits per heavy atom. The highest BCUT2D eigenvalue weighted by Crippen LogP contribution is 2.09. The normalized spacial score (nSPS) is 13.0. The molecular weight excluding hydrogens is 308 g/mol. The molecule has 3 N–H and O–H groups in total. The Morgan fingerprint density at radius 1 is 1.18 bits per heavy atom. The third-order valence-electron chi connectivity index (χ3n) is 3.04. The van der Waals surface area contributed by atoms with E-state index in [0.717, 1.165) is 0 Å². The van der Waals surface area contributed by atoms with E-state index in [1.54, 1.807) is 24.3 Å². The lowest BCUT2D eigenvalue weighted by atomic mass is 10.1. The van der Waals surface area contributed by atoms with E-state index in [9.17, 15) is 14.4 Å². The summed E-state index contributed by atoms with van der Waals surface area (Å²) < 4.78 is 0. The fourth-order valence-electron chi connectivity index (χ4n) is 1.79. The van der Waals surface area contributed by atoms with E-state index in [-0.39, 0.29) is 0 Å². The summed E-state index contributed by atoms with van der Waals surface area (Å²) in [4.78, 5) is 34.9. The lowest BCUT2D eigenvalue weighted by Crippen LogP contribution is -2.50. The van der Waals surface area contributed by atoms with Gasteiger partial charge in [-0.15, -0.1) is 0 Å². The highest BCUT2D eigenvalue weighted by Gasteiger charge is 2.23. The molecule has 2 unspecified atom stereocenters. The van der Waals surface area contributed by atoms with Crippen molar-refractivity contribution in [2.24, 2.45) is 0 Å². The zero-order valence-electron chi connectivity index (χ0n) is 12.4. The Labute approximate surface area is 133 Å². The summed E-state index contributed by atoms with van der Waals surface area (Å²) in [5, 5.41) is 14.4. The minimum Gasteiger partial charge on any atom is -0.480 e. The fraction of sp³-hybridized carbons (Fsp3) is 0.400. The number of carboxylic acids is 1. The van der Waals surface area contributed by atoms with Gasteiger partial charge >= 0.3 is 5.97 Å². The molecule has 0 aliphatic rings. The maximum Gasteiger partial charge on any atom is 0.326 e. The van der Waals surface area contributed by atoms with E-state index in [2.05, 4.69) is 10.6 Å². The number of hydrogen-bond donors (Lipinski definition) is 3. The predicted molar refractivity (Wildman–Crippen MR) is 82.9 cm³/mol. The van der Waals surface area contributed by atoms with Gasteiger partial charge in [0.1, 0.15) is 12.1 Å². The molecular formula is C15H19ClN2O4. The SMILES string of the molecule is CCCC(NC(=O)C(C)NC(=O)c1ccc(Cl)cc1)C(=O)O. The van der Waals surface area contributed by atoms with Gasteiger partial charge in [0.25, 0.3) is 5.91 Å². The van der Waals surface area contributed by atoms with Crippen molar-refractivity contribution in [3.63, 3.8) is 0 Å². The second-order valence-electron chi connectivity index (χ2n) is 4.89. The molecule has 0 bridgehead atoms. The van der Waals surface area contributed by atoms with Gasteiger partial charge in [-0.2, -0.15) is 0 Å². The monoisotopic (exact) mass is 326 g/mol. The molecule has 0 aliphatic carbocycles. The number of carbonyl (C=O) groups is 3. The number of carbonyl (C=O) groups excluding carboxylic acids is 2. The third-order valence-corrected chi connectivity index (χ3v) is 3.29. The van der Waals surface area contributed by atoms with Crippen LogP contribution >= 0.6 is 11.6 Å². The summed E-state index contributed by atoms with van der Waals surface area (Å²) in [7, 11) is 0. The van der Waals surface area contributed by atoms with Gasteiger partial charge in [-0.05, 0) is 37.6 Å². The minimum absolute atomic E-state index is 0.332. The summed E-state index contributed by atoms with van der Waals surface area (Å²) in [6.45, 7) is 3.32. The van der Waals surface area contributed by atoms with Gasteiger partial charge < -0.3 is 15.7 Å². The van der Waals surface area contributed by atoms with Crippen LogP contribution in [0, 0.1) is 0 Å². The second-order valence-corrected chi connectivity index (χ2v) is 5.33. The smallest absolute Gasteiger partial charge is 0.326 e. The van der Waals surface area contributed by atoms with Crippen molar-refractivity contribution in [1.29, 1.82) is 0 Å². The summed E-state index contributed by atoms with van der Waals surface area (Å²) in [6, 6.07) is 4.43. The molecule has 0 aliphatic heterocycles. The molecule has 1 aromatic rings. The molecule has 0 fully saturated rings. The Hall–Kier alpha value is -2.08. The van der Waals surface area contributed by atoms with E-state index in [4.69, 9.17) is 16.7 Å². The molecule has 0 spiro atoms. The van der Waals surface area contributed by atoms with Gasteiger partial charge in [0, 0.05) is 10.6 Å². The van der Waals surface area contributed by atoms with E-state index < -0.39 is 29.9 Å². The second kappa shape index (κ2) is 8.38. The summed E-state index contributed by atoms with van der Waals surface area (Å²) in [5.74, 6) is -2.06. The zero-order chi connectivity index (χ0) is 16.7. The first-order valence-electron chi connectivity index (χ1n) is 6.94. The number of aliphatic carboxylic acids is 1. The Bertz CT molecular complexity index is 545. The number of benzene rings is 1. The van der Waals surface area contributed by atoms with Crippen LogP contribution in [0.2, 0.25) is 5.02 Å². The number of halogens is 1. The van der Waals surface area contributed by atoms with Crippen molar-refractivity contribution in [3.05, 3.63) is 34.9 Å². The predicted octanol–water partition coefficient (Wildman–Crippen LogP) is 1.83. The largest absolute Gasteiger partial charge is 0.480 e. The van der Waals surface area contributed by atoms with Crippen molar-refractivity contribution >= 4 is 29.4 Å². The number of nitrogens with one attached hydrogen (secondary N) is 2. The van der Waals surface area contributed by atoms with Crippen LogP contribution in [-0.2, 0) is 9.59 Å². The van der Waals surface area contributed by atoms with Crippen LogP contribution in [0.3, 0.4) is 0 Å². The van der Waals surface area contributed by atoms with Gasteiger partial charge in [0.15, 0.2) is 0 Å². The van der Waals surface area contributed by atoms with Crippen LogP contribution in [0.25, 0.3) is 0 Å². The maximum atomic E-state index is 12.0. The van der Waals surface area contributed by atoms with E-state index in [1.165, 1.54) is 6.92 Å². The number of carboxylic acid groups (broad SMARTS) is 1. The van der Waals surface area contributed by atoms with Crippen LogP contribution in [0.5, 0.6) is 0 Å². The van der Waals surface area contributed by atoms with Crippen molar-refractivity contribution in [3.8, 4) is 0 Å². The molecule has 2 amide bonds. The van der Waals surface area contributed by atoms with Gasteiger partial charge in [-0.1, -0.05) is 24.9 Å². The highest BCUT2D eigenvalue weighted by atomic mass is 35.5. The summed E-state index contributed by atoms with van der Waals surface area (Å²) in [6.07, 6.45) is 0.960. The topological polar surface area (TPSA) is 95.5 Å². The van der Waals surface area contributed by atoms with Gasteiger partial charge in [-0.25, -0.2) is 4.79 Å². The molecule has 0 heterocycles. The summed E-state index contributed by atoms with van der Waals surface area (Å²) >= 11 is 5.74. The van der Waals surface area contributed by atoms with Crippen LogP contribution in [0.1, 0.15) is 37.0 Å². The lowest BCUT2D eigenvalue weighted by molar-refractivity contribution is -0.142. The Kier molecular flexibility index (Phi) is 6.85. The first-order valence-corrected chi connectivity index (χ1v) is 7.32. The zero-order valence-corrected chi connectivity index (χ0v) is 13.2. The van der Waals surface area contributed by atoms with Crippen LogP contribution in [0.15, 0.2) is 24.3 Å². The van der Waals surface area contributed by atoms with E-state index in [0.29, 0.717) is 23.4 Å². The minimum atomic E-state index is -1.09. The van der Waals surface area contributed by atoms with Crippen molar-refractivity contribution < 1.29 is 19.5 Å². The maximum absolute atomic E-state index is 12.0.